The number of para-hydroxylation sites is 2. The molecule has 1 N–H and O–H groups in total. The normalized spacial score (nSPS) is 11.4. The summed E-state index contributed by atoms with van der Waals surface area (Å²) in [4.78, 5) is 31.1. The first-order chi connectivity index (χ1) is 16.0. The molecule has 0 aliphatic heterocycles. The van der Waals surface area contributed by atoms with Crippen LogP contribution in [0, 0.1) is 0 Å². The molecule has 4 rings (SSSR count). The second-order valence-corrected chi connectivity index (χ2v) is 8.13. The van der Waals surface area contributed by atoms with Crippen molar-refractivity contribution in [2.75, 3.05) is 6.61 Å². The second kappa shape index (κ2) is 9.48. The minimum absolute atomic E-state index is 0.0486. The highest BCUT2D eigenvalue weighted by atomic mass is 16.5. The molecular formula is C26H28N2O5. The number of unbranched alkanes of at least 4 members (excludes halogenated alkanes) is 3. The van der Waals surface area contributed by atoms with Gasteiger partial charge in [0, 0.05) is 13.1 Å². The number of aromatic nitrogens is 2. The van der Waals surface area contributed by atoms with E-state index in [0.717, 1.165) is 31.2 Å². The van der Waals surface area contributed by atoms with Gasteiger partial charge in [-0.05, 0) is 43.5 Å². The molecule has 2 aromatic heterocycles. The SMILES string of the molecule is CCCCCCc1cc2c(=O)c(-c3nc4ccccc4n3C)c(C(=O)OCC)oc2cc1O. The van der Waals surface area contributed by atoms with Crippen LogP contribution in [0.25, 0.3) is 33.4 Å². The number of hydrogen-bond donors (Lipinski definition) is 1. The quantitative estimate of drug-likeness (QED) is 0.288. The lowest BCUT2D eigenvalue weighted by Crippen LogP contribution is -2.17. The average molecular weight is 449 g/mol. The molecule has 7 heteroatoms. The Morgan fingerprint density at radius 1 is 1.15 bits per heavy atom. The number of carbonyl (C=O) groups is 1. The highest BCUT2D eigenvalue weighted by Gasteiger charge is 2.27. The van der Waals surface area contributed by atoms with Crippen LogP contribution in [-0.4, -0.2) is 27.2 Å². The van der Waals surface area contributed by atoms with Crippen LogP contribution in [0.3, 0.4) is 0 Å². The van der Waals surface area contributed by atoms with E-state index in [-0.39, 0.29) is 34.7 Å². The van der Waals surface area contributed by atoms with Crippen LogP contribution in [0.15, 0.2) is 45.6 Å². The zero-order valence-electron chi connectivity index (χ0n) is 19.2. The number of imidazole rings is 1. The van der Waals surface area contributed by atoms with E-state index in [1.807, 2.05) is 24.3 Å². The lowest BCUT2D eigenvalue weighted by Gasteiger charge is -2.11. The van der Waals surface area contributed by atoms with Gasteiger partial charge >= 0.3 is 5.97 Å². The summed E-state index contributed by atoms with van der Waals surface area (Å²) in [6.45, 7) is 3.95. The first-order valence-corrected chi connectivity index (χ1v) is 11.4. The summed E-state index contributed by atoms with van der Waals surface area (Å²) in [5.74, 6) is -0.593. The Morgan fingerprint density at radius 3 is 2.67 bits per heavy atom. The molecule has 0 saturated carbocycles. The number of rotatable bonds is 8. The summed E-state index contributed by atoms with van der Waals surface area (Å²) in [6.07, 6.45) is 4.86. The van der Waals surface area contributed by atoms with Crippen molar-refractivity contribution >= 4 is 28.0 Å². The van der Waals surface area contributed by atoms with Crippen molar-refractivity contribution in [3.05, 3.63) is 57.9 Å². The number of benzene rings is 2. The van der Waals surface area contributed by atoms with Crippen molar-refractivity contribution < 1.29 is 19.1 Å². The molecule has 0 bridgehead atoms. The molecule has 0 aliphatic rings. The van der Waals surface area contributed by atoms with Crippen molar-refractivity contribution in [1.29, 1.82) is 0 Å². The van der Waals surface area contributed by atoms with Crippen LogP contribution in [-0.2, 0) is 18.2 Å². The first-order valence-electron chi connectivity index (χ1n) is 11.4. The smallest absolute Gasteiger partial charge is 0.375 e. The van der Waals surface area contributed by atoms with E-state index in [2.05, 4.69) is 11.9 Å². The molecule has 0 atom stereocenters. The minimum Gasteiger partial charge on any atom is -0.508 e. The molecule has 0 fully saturated rings. The van der Waals surface area contributed by atoms with Gasteiger partial charge < -0.3 is 18.8 Å². The number of aromatic hydroxyl groups is 1. The Bertz CT molecular complexity index is 1380. The fourth-order valence-corrected chi connectivity index (χ4v) is 4.13. The second-order valence-electron chi connectivity index (χ2n) is 8.13. The molecule has 0 spiro atoms. The molecule has 172 valence electrons. The van der Waals surface area contributed by atoms with Gasteiger partial charge in [-0.15, -0.1) is 0 Å². The highest BCUT2D eigenvalue weighted by molar-refractivity contribution is 5.98. The van der Waals surface area contributed by atoms with Gasteiger partial charge in [-0.1, -0.05) is 38.3 Å². The van der Waals surface area contributed by atoms with Crippen LogP contribution in [0.4, 0.5) is 0 Å². The molecule has 2 aromatic carbocycles. The van der Waals surface area contributed by atoms with Crippen LogP contribution < -0.4 is 5.43 Å². The average Bonchev–Trinajstić information content (AvgIpc) is 3.13. The van der Waals surface area contributed by atoms with Gasteiger partial charge in [0.1, 0.15) is 22.7 Å². The van der Waals surface area contributed by atoms with Gasteiger partial charge in [-0.3, -0.25) is 4.79 Å². The zero-order chi connectivity index (χ0) is 23.5. The van der Waals surface area contributed by atoms with Gasteiger partial charge in [0.05, 0.1) is 23.0 Å². The Kier molecular flexibility index (Phi) is 6.49. The Labute approximate surface area is 191 Å². The maximum atomic E-state index is 13.7. The summed E-state index contributed by atoms with van der Waals surface area (Å²) in [5.41, 5.74) is 2.02. The number of nitrogens with zero attached hydrogens (tertiary/aromatic N) is 2. The molecule has 0 unspecified atom stereocenters. The fourth-order valence-electron chi connectivity index (χ4n) is 4.13. The highest BCUT2D eigenvalue weighted by Crippen LogP contribution is 2.31. The lowest BCUT2D eigenvalue weighted by atomic mass is 10.0. The summed E-state index contributed by atoms with van der Waals surface area (Å²) >= 11 is 0. The topological polar surface area (TPSA) is 94.6 Å². The Balaban J connectivity index is 1.94. The van der Waals surface area contributed by atoms with E-state index in [4.69, 9.17) is 9.15 Å². The zero-order valence-corrected chi connectivity index (χ0v) is 19.2. The van der Waals surface area contributed by atoms with Crippen LogP contribution >= 0.6 is 0 Å². The van der Waals surface area contributed by atoms with E-state index in [0.29, 0.717) is 28.7 Å². The minimum atomic E-state index is -0.748. The Morgan fingerprint density at radius 2 is 1.94 bits per heavy atom. The predicted molar refractivity (Wildman–Crippen MR) is 128 cm³/mol. The predicted octanol–water partition coefficient (Wildman–Crippen LogP) is 5.35. The maximum absolute atomic E-state index is 13.7. The third-order valence-electron chi connectivity index (χ3n) is 5.86. The summed E-state index contributed by atoms with van der Waals surface area (Å²) < 4.78 is 12.8. The van der Waals surface area contributed by atoms with Crippen LogP contribution in [0.1, 0.15) is 55.6 Å². The van der Waals surface area contributed by atoms with E-state index in [1.54, 1.807) is 24.6 Å². The third kappa shape index (κ3) is 4.23. The fraction of sp³-hybridized carbons (Fsp3) is 0.346. The van der Waals surface area contributed by atoms with Gasteiger partial charge in [-0.2, -0.15) is 0 Å². The molecule has 0 aliphatic carbocycles. The van der Waals surface area contributed by atoms with Crippen LogP contribution in [0.5, 0.6) is 5.75 Å². The summed E-state index contributed by atoms with van der Waals surface area (Å²) in [6, 6.07) is 10.6. The number of aryl methyl sites for hydroxylation is 2. The van der Waals surface area contributed by atoms with Crippen molar-refractivity contribution in [2.45, 2.75) is 46.0 Å². The number of fused-ring (bicyclic) bond motifs is 2. The van der Waals surface area contributed by atoms with Gasteiger partial charge in [0.15, 0.2) is 0 Å². The summed E-state index contributed by atoms with van der Waals surface area (Å²) in [5, 5.41) is 10.8. The molecule has 0 saturated heterocycles. The molecule has 4 aromatic rings. The Hall–Kier alpha value is -3.61. The lowest BCUT2D eigenvalue weighted by molar-refractivity contribution is 0.0492. The molecule has 7 nitrogen and oxygen atoms in total. The molecule has 0 amide bonds. The van der Waals surface area contributed by atoms with Crippen molar-refractivity contribution in [3.8, 4) is 17.1 Å². The van der Waals surface area contributed by atoms with Gasteiger partial charge in [0.2, 0.25) is 11.2 Å². The monoisotopic (exact) mass is 448 g/mol. The third-order valence-corrected chi connectivity index (χ3v) is 5.86. The molecule has 33 heavy (non-hydrogen) atoms. The van der Waals surface area contributed by atoms with E-state index in [1.165, 1.54) is 6.07 Å². The van der Waals surface area contributed by atoms with E-state index >= 15 is 0 Å². The number of carbonyl (C=O) groups excluding carboxylic acids is 1. The number of hydrogen-bond acceptors (Lipinski definition) is 6. The van der Waals surface area contributed by atoms with Crippen molar-refractivity contribution in [1.82, 2.24) is 9.55 Å². The number of phenolic OH excluding ortho intramolecular Hbond substituents is 1. The van der Waals surface area contributed by atoms with Crippen molar-refractivity contribution in [2.24, 2.45) is 7.05 Å². The van der Waals surface area contributed by atoms with E-state index in [9.17, 15) is 14.7 Å². The molecular weight excluding hydrogens is 420 g/mol. The molecule has 2 heterocycles. The number of ether oxygens (including phenoxy) is 1. The van der Waals surface area contributed by atoms with Crippen LogP contribution in [0.2, 0.25) is 0 Å². The van der Waals surface area contributed by atoms with E-state index < -0.39 is 5.97 Å². The molecule has 0 radical (unpaired) electrons. The number of esters is 1. The maximum Gasteiger partial charge on any atom is 0.375 e. The van der Waals surface area contributed by atoms with Gasteiger partial charge in [0.25, 0.3) is 0 Å². The first kappa shape index (κ1) is 22.6. The van der Waals surface area contributed by atoms with Crippen molar-refractivity contribution in [3.63, 3.8) is 0 Å². The van der Waals surface area contributed by atoms with Gasteiger partial charge in [-0.25, -0.2) is 9.78 Å². The summed E-state index contributed by atoms with van der Waals surface area (Å²) in [7, 11) is 1.79. The largest absolute Gasteiger partial charge is 0.508 e. The standard InChI is InChI=1S/C26H28N2O5/c1-4-6-7-8-11-16-14-17-21(15-20(16)29)33-24(26(31)32-5-2)22(23(17)30)25-27-18-12-9-10-13-19(18)28(25)3/h9-10,12-15,29H,4-8,11H2,1-3H3. The number of phenols is 1.